The summed E-state index contributed by atoms with van der Waals surface area (Å²) in [4.78, 5) is 40.3. The molecular formula is C26H29N5O3. The summed E-state index contributed by atoms with van der Waals surface area (Å²) < 4.78 is 0. The fourth-order valence-electron chi connectivity index (χ4n) is 4.49. The van der Waals surface area contributed by atoms with Crippen molar-refractivity contribution >= 4 is 23.5 Å². The zero-order valence-corrected chi connectivity index (χ0v) is 19.5. The Morgan fingerprint density at radius 3 is 2.29 bits per heavy atom. The monoisotopic (exact) mass is 459 g/mol. The second kappa shape index (κ2) is 9.96. The lowest BCUT2D eigenvalue weighted by Gasteiger charge is -2.38. The fourth-order valence-corrected chi connectivity index (χ4v) is 4.49. The van der Waals surface area contributed by atoms with Gasteiger partial charge in [0.2, 0.25) is 5.91 Å². The molecule has 2 heterocycles. The SMILES string of the molecule is CC(=O)N1CC(NC(=O)Nc2cc(C(=O)N3CCC(c4ccc(C#N)cc4)CC3)ccc2C)C1. The minimum Gasteiger partial charge on any atom is -0.339 e. The number of urea groups is 1. The molecule has 0 radical (unpaired) electrons. The van der Waals surface area contributed by atoms with Crippen LogP contribution >= 0.6 is 0 Å². The summed E-state index contributed by atoms with van der Waals surface area (Å²) in [5.41, 5.74) is 3.87. The molecule has 2 N–H and O–H groups in total. The highest BCUT2D eigenvalue weighted by Gasteiger charge is 2.30. The first kappa shape index (κ1) is 23.3. The quantitative estimate of drug-likeness (QED) is 0.732. The van der Waals surface area contributed by atoms with Gasteiger partial charge in [0.15, 0.2) is 0 Å². The maximum absolute atomic E-state index is 13.1. The van der Waals surface area contributed by atoms with Crippen molar-refractivity contribution in [3.8, 4) is 6.07 Å². The third-order valence-corrected chi connectivity index (χ3v) is 6.69. The molecule has 2 aromatic carbocycles. The molecule has 0 aliphatic carbocycles. The zero-order valence-electron chi connectivity index (χ0n) is 19.5. The van der Waals surface area contributed by atoms with Crippen LogP contribution < -0.4 is 10.6 Å². The van der Waals surface area contributed by atoms with Crippen LogP contribution in [-0.2, 0) is 4.79 Å². The van der Waals surface area contributed by atoms with E-state index in [1.54, 1.807) is 17.0 Å². The highest BCUT2D eigenvalue weighted by Crippen LogP contribution is 2.29. The smallest absolute Gasteiger partial charge is 0.319 e. The summed E-state index contributed by atoms with van der Waals surface area (Å²) in [6, 6.07) is 14.8. The van der Waals surface area contributed by atoms with Gasteiger partial charge in [0.05, 0.1) is 17.7 Å². The second-order valence-electron chi connectivity index (χ2n) is 9.05. The predicted molar refractivity (Wildman–Crippen MR) is 128 cm³/mol. The van der Waals surface area contributed by atoms with Gasteiger partial charge in [-0.2, -0.15) is 5.26 Å². The van der Waals surface area contributed by atoms with Crippen molar-refractivity contribution in [2.75, 3.05) is 31.5 Å². The van der Waals surface area contributed by atoms with E-state index < -0.39 is 0 Å². The number of nitrogens with one attached hydrogen (secondary N) is 2. The Balaban J connectivity index is 1.33. The molecule has 0 atom stereocenters. The summed E-state index contributed by atoms with van der Waals surface area (Å²) in [5.74, 6) is 0.334. The van der Waals surface area contributed by atoms with Crippen LogP contribution in [0.4, 0.5) is 10.5 Å². The van der Waals surface area contributed by atoms with Gasteiger partial charge < -0.3 is 20.4 Å². The molecular weight excluding hydrogens is 430 g/mol. The number of hydrogen-bond donors (Lipinski definition) is 2. The molecule has 0 aromatic heterocycles. The van der Waals surface area contributed by atoms with Crippen LogP contribution in [0.5, 0.6) is 0 Å². The van der Waals surface area contributed by atoms with Gasteiger partial charge in [-0.25, -0.2) is 4.79 Å². The van der Waals surface area contributed by atoms with Crippen molar-refractivity contribution in [3.05, 3.63) is 64.7 Å². The van der Waals surface area contributed by atoms with E-state index >= 15 is 0 Å². The van der Waals surface area contributed by atoms with Gasteiger partial charge in [0.25, 0.3) is 5.91 Å². The largest absolute Gasteiger partial charge is 0.339 e. The van der Waals surface area contributed by atoms with E-state index in [2.05, 4.69) is 16.7 Å². The lowest BCUT2D eigenvalue weighted by molar-refractivity contribution is -0.133. The molecule has 8 nitrogen and oxygen atoms in total. The fraction of sp³-hybridized carbons (Fsp3) is 0.385. The van der Waals surface area contributed by atoms with Crippen molar-refractivity contribution in [1.82, 2.24) is 15.1 Å². The lowest BCUT2D eigenvalue weighted by atomic mass is 9.89. The Morgan fingerprint density at radius 2 is 1.68 bits per heavy atom. The molecule has 176 valence electrons. The normalized spacial score (nSPS) is 16.4. The topological polar surface area (TPSA) is 106 Å². The van der Waals surface area contributed by atoms with Gasteiger partial charge in [-0.1, -0.05) is 18.2 Å². The van der Waals surface area contributed by atoms with Crippen molar-refractivity contribution in [2.45, 2.75) is 38.6 Å². The van der Waals surface area contributed by atoms with Gasteiger partial charge in [-0.05, 0) is 61.1 Å². The molecule has 2 aromatic rings. The van der Waals surface area contributed by atoms with Crippen LogP contribution in [0.2, 0.25) is 0 Å². The Labute approximate surface area is 199 Å². The van der Waals surface area contributed by atoms with Crippen LogP contribution in [0.1, 0.15) is 52.7 Å². The summed E-state index contributed by atoms with van der Waals surface area (Å²) in [5, 5.41) is 14.7. The van der Waals surface area contributed by atoms with E-state index in [9.17, 15) is 14.4 Å². The van der Waals surface area contributed by atoms with Crippen LogP contribution in [0.3, 0.4) is 0 Å². The summed E-state index contributed by atoms with van der Waals surface area (Å²) in [6.07, 6.45) is 1.74. The Bertz CT molecular complexity index is 1120. The predicted octanol–water partition coefficient (Wildman–Crippen LogP) is 3.24. The average molecular weight is 460 g/mol. The van der Waals surface area contributed by atoms with E-state index in [0.29, 0.717) is 48.9 Å². The zero-order chi connectivity index (χ0) is 24.2. The number of likely N-dealkylation sites (tertiary alicyclic amines) is 2. The number of aryl methyl sites for hydroxylation is 1. The van der Waals surface area contributed by atoms with Crippen LogP contribution in [0.25, 0.3) is 0 Å². The third kappa shape index (κ3) is 5.20. The molecule has 0 bridgehead atoms. The van der Waals surface area contributed by atoms with E-state index in [4.69, 9.17) is 5.26 Å². The Morgan fingerprint density at radius 1 is 1.00 bits per heavy atom. The summed E-state index contributed by atoms with van der Waals surface area (Å²) in [7, 11) is 0. The summed E-state index contributed by atoms with van der Waals surface area (Å²) >= 11 is 0. The number of rotatable bonds is 4. The molecule has 2 saturated heterocycles. The first-order valence-corrected chi connectivity index (χ1v) is 11.6. The number of carbonyl (C=O) groups is 3. The number of piperidine rings is 1. The van der Waals surface area contributed by atoms with Gasteiger partial charge in [0, 0.05) is 44.4 Å². The number of nitriles is 1. The highest BCUT2D eigenvalue weighted by molar-refractivity contribution is 5.97. The van der Waals surface area contributed by atoms with E-state index in [0.717, 1.165) is 18.4 Å². The molecule has 0 spiro atoms. The van der Waals surface area contributed by atoms with E-state index in [-0.39, 0.29) is 23.9 Å². The minimum absolute atomic E-state index is 0.00135. The van der Waals surface area contributed by atoms with Crippen LogP contribution in [0.15, 0.2) is 42.5 Å². The molecule has 2 fully saturated rings. The average Bonchev–Trinajstić information content (AvgIpc) is 2.82. The Hall–Kier alpha value is -3.86. The van der Waals surface area contributed by atoms with Crippen molar-refractivity contribution in [1.29, 1.82) is 5.26 Å². The number of amides is 4. The molecule has 2 aliphatic heterocycles. The first-order valence-electron chi connectivity index (χ1n) is 11.6. The molecule has 4 amide bonds. The van der Waals surface area contributed by atoms with Gasteiger partial charge in [-0.3, -0.25) is 9.59 Å². The van der Waals surface area contributed by atoms with Crippen molar-refractivity contribution in [3.63, 3.8) is 0 Å². The van der Waals surface area contributed by atoms with Crippen molar-refractivity contribution in [2.24, 2.45) is 0 Å². The van der Waals surface area contributed by atoms with Crippen LogP contribution in [0, 0.1) is 18.3 Å². The number of hydrogen-bond acceptors (Lipinski definition) is 4. The standard InChI is InChI=1S/C26H29N5O3/c1-17-3-6-22(13-24(17)29-26(34)28-23-15-31(16-23)18(2)32)25(33)30-11-9-21(10-12-30)20-7-4-19(14-27)5-8-20/h3-8,13,21,23H,9-12,15-16H2,1-2H3,(H2,28,29,34). The van der Waals surface area contributed by atoms with E-state index in [1.807, 2.05) is 42.2 Å². The lowest BCUT2D eigenvalue weighted by Crippen LogP contribution is -2.61. The molecule has 0 saturated carbocycles. The van der Waals surface area contributed by atoms with E-state index in [1.165, 1.54) is 12.5 Å². The molecule has 8 heteroatoms. The highest BCUT2D eigenvalue weighted by atomic mass is 16.2. The summed E-state index contributed by atoms with van der Waals surface area (Å²) in [6.45, 7) is 5.74. The van der Waals surface area contributed by atoms with Crippen molar-refractivity contribution < 1.29 is 14.4 Å². The van der Waals surface area contributed by atoms with Crippen LogP contribution in [-0.4, -0.2) is 59.9 Å². The minimum atomic E-state index is -0.343. The maximum atomic E-state index is 13.1. The molecule has 2 aliphatic rings. The first-order chi connectivity index (χ1) is 16.3. The number of carbonyl (C=O) groups excluding carboxylic acids is 3. The number of nitrogens with zero attached hydrogens (tertiary/aromatic N) is 3. The van der Waals surface area contributed by atoms with Gasteiger partial charge in [0.1, 0.15) is 0 Å². The molecule has 34 heavy (non-hydrogen) atoms. The molecule has 4 rings (SSSR count). The third-order valence-electron chi connectivity index (χ3n) is 6.69. The molecule has 0 unspecified atom stereocenters. The maximum Gasteiger partial charge on any atom is 0.319 e. The number of benzene rings is 2. The van der Waals surface area contributed by atoms with Gasteiger partial charge >= 0.3 is 6.03 Å². The Kier molecular flexibility index (Phi) is 6.82. The second-order valence-corrected chi connectivity index (χ2v) is 9.05. The number of anilines is 1. The van der Waals surface area contributed by atoms with Gasteiger partial charge in [-0.15, -0.1) is 0 Å².